The average Bonchev–Trinajstić information content (AvgIpc) is 2.47. The van der Waals surface area contributed by atoms with Gasteiger partial charge in [-0.1, -0.05) is 38.1 Å². The first-order valence-corrected chi connectivity index (χ1v) is 7.92. The Kier molecular flexibility index (Phi) is 6.02. The molecule has 0 aromatic heterocycles. The van der Waals surface area contributed by atoms with Gasteiger partial charge in [0.1, 0.15) is 0 Å². The quantitative estimate of drug-likeness (QED) is 0.864. The van der Waals surface area contributed by atoms with E-state index < -0.39 is 0 Å². The number of nitrogens with zero attached hydrogens (tertiary/aromatic N) is 2. The molecule has 1 aliphatic heterocycles. The Bertz CT molecular complexity index is 378. The maximum Gasteiger partial charge on any atom is 0.0234 e. The van der Waals surface area contributed by atoms with Crippen LogP contribution in [0.1, 0.15) is 37.3 Å². The number of hydrogen-bond acceptors (Lipinski definition) is 3. The van der Waals surface area contributed by atoms with Crippen LogP contribution in [0, 0.1) is 0 Å². The highest BCUT2D eigenvalue weighted by molar-refractivity contribution is 5.24. The third-order valence-corrected chi connectivity index (χ3v) is 4.20. The summed E-state index contributed by atoms with van der Waals surface area (Å²) < 4.78 is 0. The van der Waals surface area contributed by atoms with E-state index in [1.54, 1.807) is 0 Å². The van der Waals surface area contributed by atoms with Gasteiger partial charge in [-0.3, -0.25) is 4.90 Å². The van der Waals surface area contributed by atoms with Crippen molar-refractivity contribution in [3.63, 3.8) is 0 Å². The van der Waals surface area contributed by atoms with Gasteiger partial charge >= 0.3 is 0 Å². The van der Waals surface area contributed by atoms with Gasteiger partial charge in [0.05, 0.1) is 0 Å². The molecule has 1 heterocycles. The van der Waals surface area contributed by atoms with Gasteiger partial charge in [-0.2, -0.15) is 0 Å². The molecule has 112 valence electrons. The Morgan fingerprint density at radius 1 is 1.00 bits per heavy atom. The van der Waals surface area contributed by atoms with Crippen molar-refractivity contribution in [1.29, 1.82) is 0 Å². The third kappa shape index (κ3) is 4.58. The Balaban J connectivity index is 1.77. The maximum absolute atomic E-state index is 5.57. The van der Waals surface area contributed by atoms with Crippen LogP contribution in [0.3, 0.4) is 0 Å². The highest BCUT2D eigenvalue weighted by Crippen LogP contribution is 2.16. The normalized spacial score (nSPS) is 17.8. The van der Waals surface area contributed by atoms with Gasteiger partial charge in [0.2, 0.25) is 0 Å². The summed E-state index contributed by atoms with van der Waals surface area (Å²) in [6, 6.07) is 9.13. The van der Waals surface area contributed by atoms with Crippen LogP contribution in [0.2, 0.25) is 0 Å². The van der Waals surface area contributed by atoms with Crippen molar-refractivity contribution in [2.75, 3.05) is 39.3 Å². The Morgan fingerprint density at radius 2 is 1.60 bits per heavy atom. The first-order chi connectivity index (χ1) is 9.69. The molecule has 1 aliphatic rings. The van der Waals surface area contributed by atoms with E-state index in [0.717, 1.165) is 26.1 Å². The van der Waals surface area contributed by atoms with Gasteiger partial charge in [-0.25, -0.2) is 0 Å². The van der Waals surface area contributed by atoms with E-state index in [4.69, 9.17) is 5.73 Å². The summed E-state index contributed by atoms with van der Waals surface area (Å²) in [6.45, 7) is 12.3. The standard InChI is InChI=1S/C17H29N3/c1-15(2)17-6-4-16(5-7-17)14-20-12-10-19(11-13-20)9-3-8-18/h4-7,15H,3,8-14,18H2,1-2H3. The summed E-state index contributed by atoms with van der Waals surface area (Å²) in [5.74, 6) is 0.621. The van der Waals surface area contributed by atoms with E-state index in [1.807, 2.05) is 0 Å². The minimum Gasteiger partial charge on any atom is -0.330 e. The fraction of sp³-hybridized carbons (Fsp3) is 0.647. The molecule has 0 radical (unpaired) electrons. The molecular formula is C17H29N3. The minimum atomic E-state index is 0.621. The lowest BCUT2D eigenvalue weighted by Gasteiger charge is -2.34. The summed E-state index contributed by atoms with van der Waals surface area (Å²) in [5, 5.41) is 0. The predicted octanol–water partition coefficient (Wildman–Crippen LogP) is 2.28. The average molecular weight is 275 g/mol. The first kappa shape index (κ1) is 15.5. The maximum atomic E-state index is 5.57. The van der Waals surface area contributed by atoms with Crippen molar-refractivity contribution in [1.82, 2.24) is 9.80 Å². The van der Waals surface area contributed by atoms with Gasteiger partial charge in [0.15, 0.2) is 0 Å². The van der Waals surface area contributed by atoms with Crippen LogP contribution in [0.4, 0.5) is 0 Å². The third-order valence-electron chi connectivity index (χ3n) is 4.20. The molecule has 0 saturated carbocycles. The Labute approximate surface area is 123 Å². The van der Waals surface area contributed by atoms with Gasteiger partial charge in [-0.05, 0) is 36.6 Å². The summed E-state index contributed by atoms with van der Waals surface area (Å²) in [7, 11) is 0. The van der Waals surface area contributed by atoms with Gasteiger partial charge in [0.25, 0.3) is 0 Å². The summed E-state index contributed by atoms with van der Waals surface area (Å²) >= 11 is 0. The molecule has 20 heavy (non-hydrogen) atoms. The zero-order chi connectivity index (χ0) is 14.4. The second kappa shape index (κ2) is 7.77. The molecule has 0 amide bonds. The van der Waals surface area contributed by atoms with Crippen molar-refractivity contribution in [2.24, 2.45) is 5.73 Å². The minimum absolute atomic E-state index is 0.621. The molecule has 3 heteroatoms. The molecule has 2 rings (SSSR count). The molecule has 1 saturated heterocycles. The molecule has 0 aliphatic carbocycles. The lowest BCUT2D eigenvalue weighted by atomic mass is 10.0. The molecule has 1 aromatic rings. The van der Waals surface area contributed by atoms with Crippen LogP contribution in [-0.4, -0.2) is 49.1 Å². The first-order valence-electron chi connectivity index (χ1n) is 7.92. The molecular weight excluding hydrogens is 246 g/mol. The van der Waals surface area contributed by atoms with Crippen molar-refractivity contribution in [2.45, 2.75) is 32.7 Å². The van der Waals surface area contributed by atoms with E-state index in [1.165, 1.54) is 37.3 Å². The molecule has 0 unspecified atom stereocenters. The topological polar surface area (TPSA) is 32.5 Å². The molecule has 1 aromatic carbocycles. The number of hydrogen-bond donors (Lipinski definition) is 1. The monoisotopic (exact) mass is 275 g/mol. The van der Waals surface area contributed by atoms with Crippen LogP contribution in [0.25, 0.3) is 0 Å². The van der Waals surface area contributed by atoms with Crippen molar-refractivity contribution in [3.8, 4) is 0 Å². The largest absolute Gasteiger partial charge is 0.330 e. The van der Waals surface area contributed by atoms with E-state index in [-0.39, 0.29) is 0 Å². The summed E-state index contributed by atoms with van der Waals surface area (Å²) in [4.78, 5) is 5.09. The van der Waals surface area contributed by atoms with Crippen LogP contribution in [0.5, 0.6) is 0 Å². The molecule has 0 bridgehead atoms. The molecule has 0 spiro atoms. The zero-order valence-corrected chi connectivity index (χ0v) is 13.0. The number of benzene rings is 1. The van der Waals surface area contributed by atoms with E-state index in [9.17, 15) is 0 Å². The highest BCUT2D eigenvalue weighted by atomic mass is 15.3. The second-order valence-corrected chi connectivity index (χ2v) is 6.16. The van der Waals surface area contributed by atoms with Crippen LogP contribution in [-0.2, 0) is 6.54 Å². The van der Waals surface area contributed by atoms with E-state index in [0.29, 0.717) is 5.92 Å². The van der Waals surface area contributed by atoms with Crippen LogP contribution in [0.15, 0.2) is 24.3 Å². The highest BCUT2D eigenvalue weighted by Gasteiger charge is 2.16. The van der Waals surface area contributed by atoms with E-state index >= 15 is 0 Å². The van der Waals surface area contributed by atoms with E-state index in [2.05, 4.69) is 47.9 Å². The van der Waals surface area contributed by atoms with Gasteiger partial charge < -0.3 is 10.6 Å². The Morgan fingerprint density at radius 3 is 2.15 bits per heavy atom. The molecule has 1 fully saturated rings. The fourth-order valence-electron chi connectivity index (χ4n) is 2.75. The number of nitrogens with two attached hydrogens (primary N) is 1. The van der Waals surface area contributed by atoms with Crippen molar-refractivity contribution in [3.05, 3.63) is 35.4 Å². The summed E-state index contributed by atoms with van der Waals surface area (Å²) in [5.41, 5.74) is 8.44. The second-order valence-electron chi connectivity index (χ2n) is 6.16. The zero-order valence-electron chi connectivity index (χ0n) is 13.0. The lowest BCUT2D eigenvalue weighted by Crippen LogP contribution is -2.46. The number of piperazine rings is 1. The smallest absolute Gasteiger partial charge is 0.0234 e. The number of rotatable bonds is 6. The Hall–Kier alpha value is -0.900. The van der Waals surface area contributed by atoms with Crippen LogP contribution < -0.4 is 5.73 Å². The molecule has 3 nitrogen and oxygen atoms in total. The van der Waals surface area contributed by atoms with Crippen molar-refractivity contribution < 1.29 is 0 Å². The van der Waals surface area contributed by atoms with Gasteiger partial charge in [0, 0.05) is 32.7 Å². The SMILES string of the molecule is CC(C)c1ccc(CN2CCN(CCCN)CC2)cc1. The van der Waals surface area contributed by atoms with Crippen LogP contribution >= 0.6 is 0 Å². The molecule has 2 N–H and O–H groups in total. The molecule has 0 atom stereocenters. The predicted molar refractivity (Wildman–Crippen MR) is 85.9 cm³/mol. The summed E-state index contributed by atoms with van der Waals surface area (Å²) in [6.07, 6.45) is 1.12. The van der Waals surface area contributed by atoms with Crippen molar-refractivity contribution >= 4 is 0 Å². The lowest BCUT2D eigenvalue weighted by molar-refractivity contribution is 0.127. The fourth-order valence-corrected chi connectivity index (χ4v) is 2.75. The van der Waals surface area contributed by atoms with Gasteiger partial charge in [-0.15, -0.1) is 0 Å².